The molecular formula is C28H35N7O2S. The van der Waals surface area contributed by atoms with E-state index in [1.165, 1.54) is 4.88 Å². The Morgan fingerprint density at radius 3 is 2.71 bits per heavy atom. The minimum atomic E-state index is -0.421. The first kappa shape index (κ1) is 25.1. The van der Waals surface area contributed by atoms with Gasteiger partial charge in [-0.1, -0.05) is 32.9 Å². The third-order valence-corrected chi connectivity index (χ3v) is 9.39. The van der Waals surface area contributed by atoms with Gasteiger partial charge in [-0.05, 0) is 54.6 Å². The third-order valence-electron chi connectivity index (χ3n) is 7.80. The van der Waals surface area contributed by atoms with Crippen LogP contribution in [0.4, 0.5) is 11.5 Å². The number of carbonyl (C=O) groups excluding carboxylic acids is 2. The van der Waals surface area contributed by atoms with Crippen molar-refractivity contribution in [3.63, 3.8) is 0 Å². The maximum absolute atomic E-state index is 13.4. The molecule has 0 saturated carbocycles. The van der Waals surface area contributed by atoms with Crippen molar-refractivity contribution in [2.75, 3.05) is 23.8 Å². The molecule has 0 radical (unpaired) electrons. The molecule has 10 heteroatoms. The van der Waals surface area contributed by atoms with Gasteiger partial charge in [0, 0.05) is 29.7 Å². The molecule has 0 bridgehead atoms. The number of hydrogen-bond donors (Lipinski definition) is 3. The van der Waals surface area contributed by atoms with E-state index in [4.69, 9.17) is 0 Å². The van der Waals surface area contributed by atoms with Gasteiger partial charge in [0.2, 0.25) is 0 Å². The zero-order valence-electron chi connectivity index (χ0n) is 22.6. The summed E-state index contributed by atoms with van der Waals surface area (Å²) in [7, 11) is 2.10. The number of carbonyl (C=O) groups is 2. The van der Waals surface area contributed by atoms with E-state index < -0.39 is 6.04 Å². The Kier molecular flexibility index (Phi) is 6.08. The smallest absolute Gasteiger partial charge is 0.269 e. The Balaban J connectivity index is 1.21. The fourth-order valence-electron chi connectivity index (χ4n) is 5.59. The number of likely N-dealkylation sites (N-methyl/N-ethyl adjacent to an activating group) is 1. The minimum absolute atomic E-state index is 0.0316. The van der Waals surface area contributed by atoms with Crippen LogP contribution in [0.5, 0.6) is 0 Å². The van der Waals surface area contributed by atoms with Crippen LogP contribution in [0.2, 0.25) is 0 Å². The number of hydrogen-bond acceptors (Lipinski definition) is 7. The van der Waals surface area contributed by atoms with Crippen molar-refractivity contribution in [1.82, 2.24) is 25.5 Å². The molecule has 38 heavy (non-hydrogen) atoms. The Bertz CT molecular complexity index is 1420. The van der Waals surface area contributed by atoms with Gasteiger partial charge in [-0.25, -0.2) is 5.43 Å². The van der Waals surface area contributed by atoms with Gasteiger partial charge in [-0.15, -0.1) is 11.3 Å². The number of aromatic nitrogens is 2. The van der Waals surface area contributed by atoms with Crippen LogP contribution in [-0.4, -0.2) is 46.1 Å². The molecule has 5 heterocycles. The van der Waals surface area contributed by atoms with Crippen molar-refractivity contribution in [1.29, 1.82) is 0 Å². The maximum Gasteiger partial charge on any atom is 0.269 e. The number of thiophene rings is 1. The van der Waals surface area contributed by atoms with Crippen molar-refractivity contribution in [2.45, 2.75) is 71.2 Å². The van der Waals surface area contributed by atoms with Crippen LogP contribution >= 0.6 is 11.3 Å². The summed E-state index contributed by atoms with van der Waals surface area (Å²) in [6, 6.07) is 9.79. The highest BCUT2D eigenvalue weighted by atomic mass is 32.1. The van der Waals surface area contributed by atoms with Crippen molar-refractivity contribution in [3.05, 3.63) is 62.5 Å². The standard InChI is InChI=1S/C28H35N7O2S/c1-16-19(7-6-8-22(16)34-14-17-11-23(28(2,3)4)38-25(17)27(34)37)20-13-21(26(36)31-30-20)29-24-12-18-15-33(5)9-10-35(18)32-24/h6-8,11-12,20-21,30H,9-10,13-15H2,1-5H3,(H,29,32)(H,31,36). The topological polar surface area (TPSA) is 94.5 Å². The first-order valence-electron chi connectivity index (χ1n) is 13.2. The molecule has 200 valence electrons. The number of hydrazine groups is 1. The zero-order valence-corrected chi connectivity index (χ0v) is 23.4. The predicted molar refractivity (Wildman–Crippen MR) is 149 cm³/mol. The molecule has 9 nitrogen and oxygen atoms in total. The van der Waals surface area contributed by atoms with E-state index in [1.54, 1.807) is 11.3 Å². The molecule has 0 aliphatic carbocycles. The highest BCUT2D eigenvalue weighted by Gasteiger charge is 2.36. The predicted octanol–water partition coefficient (Wildman–Crippen LogP) is 3.70. The Hall–Kier alpha value is -3.21. The lowest BCUT2D eigenvalue weighted by molar-refractivity contribution is -0.125. The summed E-state index contributed by atoms with van der Waals surface area (Å²) in [6.45, 7) is 11.9. The van der Waals surface area contributed by atoms with Gasteiger partial charge in [0.25, 0.3) is 11.8 Å². The van der Waals surface area contributed by atoms with Crippen LogP contribution < -0.4 is 21.1 Å². The average molecular weight is 534 g/mol. The van der Waals surface area contributed by atoms with Crippen molar-refractivity contribution in [3.8, 4) is 0 Å². The number of amides is 2. The molecule has 3 N–H and O–H groups in total. The molecule has 3 aliphatic rings. The molecular weight excluding hydrogens is 498 g/mol. The van der Waals surface area contributed by atoms with Gasteiger partial charge >= 0.3 is 0 Å². The summed E-state index contributed by atoms with van der Waals surface area (Å²) in [5.74, 6) is 0.691. The number of anilines is 2. The largest absolute Gasteiger partial charge is 0.357 e. The van der Waals surface area contributed by atoms with E-state index in [-0.39, 0.29) is 23.3 Å². The third kappa shape index (κ3) is 4.40. The summed E-state index contributed by atoms with van der Waals surface area (Å²) in [5.41, 5.74) is 11.4. The van der Waals surface area contributed by atoms with Crippen LogP contribution in [-0.2, 0) is 29.8 Å². The lowest BCUT2D eigenvalue weighted by Crippen LogP contribution is -2.54. The zero-order chi connectivity index (χ0) is 26.8. The van der Waals surface area contributed by atoms with Gasteiger partial charge in [-0.3, -0.25) is 24.6 Å². The van der Waals surface area contributed by atoms with Crippen molar-refractivity contribution >= 4 is 34.7 Å². The first-order chi connectivity index (χ1) is 18.1. The Labute approximate surface area is 227 Å². The molecule has 1 saturated heterocycles. The molecule has 1 aromatic carbocycles. The van der Waals surface area contributed by atoms with Crippen LogP contribution in [0, 0.1) is 6.92 Å². The normalized spacial score (nSPS) is 21.9. The van der Waals surface area contributed by atoms with Crippen LogP contribution in [0.15, 0.2) is 30.3 Å². The van der Waals surface area contributed by atoms with E-state index >= 15 is 0 Å². The van der Waals surface area contributed by atoms with Crippen LogP contribution in [0.3, 0.4) is 0 Å². The maximum atomic E-state index is 13.4. The number of fused-ring (bicyclic) bond motifs is 2. The second kappa shape index (κ2) is 9.21. The summed E-state index contributed by atoms with van der Waals surface area (Å²) < 4.78 is 2.02. The molecule has 1 fully saturated rings. The van der Waals surface area contributed by atoms with Crippen LogP contribution in [0.1, 0.15) is 70.2 Å². The van der Waals surface area contributed by atoms with Crippen molar-refractivity contribution in [2.24, 2.45) is 0 Å². The fourth-order valence-corrected chi connectivity index (χ4v) is 6.77. The molecule has 2 atom stereocenters. The molecule has 0 spiro atoms. The number of benzene rings is 1. The summed E-state index contributed by atoms with van der Waals surface area (Å²) in [5, 5.41) is 8.03. The molecule has 2 unspecified atom stereocenters. The van der Waals surface area contributed by atoms with E-state index in [0.717, 1.165) is 58.4 Å². The molecule has 3 aromatic rings. The average Bonchev–Trinajstić information content (AvgIpc) is 3.54. The van der Waals surface area contributed by atoms with E-state index in [9.17, 15) is 9.59 Å². The van der Waals surface area contributed by atoms with Gasteiger partial charge in [0.05, 0.1) is 29.7 Å². The monoisotopic (exact) mass is 533 g/mol. The van der Waals surface area contributed by atoms with Gasteiger partial charge < -0.3 is 10.2 Å². The highest BCUT2D eigenvalue weighted by Crippen LogP contribution is 2.40. The fraction of sp³-hybridized carbons (Fsp3) is 0.464. The van der Waals surface area contributed by atoms with Crippen LogP contribution in [0.25, 0.3) is 0 Å². The van der Waals surface area contributed by atoms with E-state index in [1.807, 2.05) is 27.8 Å². The molecule has 6 rings (SSSR count). The molecule has 3 aliphatic heterocycles. The second-order valence-corrected chi connectivity index (χ2v) is 12.8. The second-order valence-electron chi connectivity index (χ2n) is 11.7. The minimum Gasteiger partial charge on any atom is -0.357 e. The van der Waals surface area contributed by atoms with Gasteiger partial charge in [-0.2, -0.15) is 5.10 Å². The van der Waals surface area contributed by atoms with Gasteiger partial charge in [0.1, 0.15) is 11.9 Å². The summed E-state index contributed by atoms with van der Waals surface area (Å²) >= 11 is 1.62. The van der Waals surface area contributed by atoms with Gasteiger partial charge in [0.15, 0.2) is 0 Å². The number of nitrogens with zero attached hydrogens (tertiary/aromatic N) is 4. The summed E-state index contributed by atoms with van der Waals surface area (Å²) in [4.78, 5) is 32.4. The summed E-state index contributed by atoms with van der Waals surface area (Å²) in [6.07, 6.45) is 0.564. The lowest BCUT2D eigenvalue weighted by atomic mass is 9.93. The Morgan fingerprint density at radius 1 is 1.13 bits per heavy atom. The van der Waals surface area contributed by atoms with E-state index in [2.05, 4.69) is 73.0 Å². The number of rotatable bonds is 4. The molecule has 2 amide bonds. The first-order valence-corrected chi connectivity index (χ1v) is 14.0. The quantitative estimate of drug-likeness (QED) is 0.474. The van der Waals surface area contributed by atoms with E-state index in [0.29, 0.717) is 13.0 Å². The Morgan fingerprint density at radius 2 is 1.95 bits per heavy atom. The number of nitrogens with one attached hydrogen (secondary N) is 3. The molecule has 2 aromatic heterocycles. The SMILES string of the molecule is Cc1c(C2CC(Nc3cc4n(n3)CCN(C)C4)C(=O)NN2)cccc1N1Cc2cc(C(C)(C)C)sc2C1=O. The van der Waals surface area contributed by atoms with Crippen molar-refractivity contribution < 1.29 is 9.59 Å². The lowest BCUT2D eigenvalue weighted by Gasteiger charge is -2.32. The highest BCUT2D eigenvalue weighted by molar-refractivity contribution is 7.14.